The van der Waals surface area contributed by atoms with Gasteiger partial charge in [0.05, 0.1) is 4.90 Å². The van der Waals surface area contributed by atoms with Crippen molar-refractivity contribution in [3.8, 4) is 0 Å². The van der Waals surface area contributed by atoms with Crippen molar-refractivity contribution in [2.45, 2.75) is 44.2 Å². The minimum Gasteiger partial charge on any atom is -0.211 e. The quantitative estimate of drug-likeness (QED) is 0.633. The summed E-state index contributed by atoms with van der Waals surface area (Å²) in [5.74, 6) is 0. The highest BCUT2D eigenvalue weighted by Gasteiger charge is 2.34. The molecule has 0 saturated carbocycles. The summed E-state index contributed by atoms with van der Waals surface area (Å²) >= 11 is 0. The van der Waals surface area contributed by atoms with Gasteiger partial charge in [-0.15, -0.1) is 0 Å². The van der Waals surface area contributed by atoms with E-state index in [-0.39, 0.29) is 4.90 Å². The molecule has 2 rings (SSSR count). The number of nitrogens with zero attached hydrogens (tertiary/aromatic N) is 2. The van der Waals surface area contributed by atoms with E-state index in [1.54, 1.807) is 19.1 Å². The topological polar surface area (TPSA) is 66.8 Å². The Hall–Kier alpha value is -1.49. The first kappa shape index (κ1) is 14.9. The van der Waals surface area contributed by atoms with Gasteiger partial charge in [0, 0.05) is 6.54 Å². The van der Waals surface area contributed by atoms with Gasteiger partial charge in [0.1, 0.15) is 6.17 Å². The van der Waals surface area contributed by atoms with E-state index in [4.69, 9.17) is 0 Å². The molecule has 108 valence electrons. The van der Waals surface area contributed by atoms with Crippen molar-refractivity contribution in [1.29, 1.82) is 0 Å². The molecule has 1 aromatic carbocycles. The van der Waals surface area contributed by atoms with Gasteiger partial charge < -0.3 is 0 Å². The van der Waals surface area contributed by atoms with E-state index in [0.717, 1.165) is 18.4 Å². The maximum absolute atomic E-state index is 12.7. The fraction of sp³-hybridized carbons (Fsp3) is 0.500. The normalized spacial score (nSPS) is 20.4. The molecule has 1 heterocycles. The Balaban J connectivity index is 2.44. The highest BCUT2D eigenvalue weighted by molar-refractivity contribution is 7.89. The molecule has 6 heteroatoms. The van der Waals surface area contributed by atoms with Gasteiger partial charge in [-0.3, -0.25) is 0 Å². The molecule has 0 radical (unpaired) electrons. The minimum absolute atomic E-state index is 0.288. The molecule has 0 N–H and O–H groups in total. The second-order valence-electron chi connectivity index (χ2n) is 5.08. The van der Waals surface area contributed by atoms with Crippen LogP contribution in [0, 0.1) is 13.8 Å². The summed E-state index contributed by atoms with van der Waals surface area (Å²) in [6.45, 7) is 4.09. The summed E-state index contributed by atoms with van der Waals surface area (Å²) in [5.41, 5.74) is 1.73. The van der Waals surface area contributed by atoms with Crippen molar-refractivity contribution in [3.63, 3.8) is 0 Å². The number of aliphatic imine (C=N–C) groups is 1. The second-order valence-corrected chi connectivity index (χ2v) is 6.94. The van der Waals surface area contributed by atoms with Crippen molar-refractivity contribution in [1.82, 2.24) is 4.31 Å². The van der Waals surface area contributed by atoms with E-state index in [1.165, 1.54) is 10.4 Å². The van der Waals surface area contributed by atoms with E-state index in [0.29, 0.717) is 18.5 Å². The monoisotopic (exact) mass is 294 g/mol. The minimum atomic E-state index is -3.62. The predicted molar refractivity (Wildman–Crippen MR) is 75.6 cm³/mol. The summed E-state index contributed by atoms with van der Waals surface area (Å²) < 4.78 is 26.8. The molecule has 1 aliphatic heterocycles. The molecule has 1 fully saturated rings. The van der Waals surface area contributed by atoms with Crippen molar-refractivity contribution < 1.29 is 13.2 Å². The van der Waals surface area contributed by atoms with Crippen LogP contribution >= 0.6 is 0 Å². The van der Waals surface area contributed by atoms with E-state index in [9.17, 15) is 13.2 Å². The molecule has 1 unspecified atom stereocenters. The molecule has 1 aliphatic rings. The van der Waals surface area contributed by atoms with Crippen molar-refractivity contribution >= 4 is 16.1 Å². The molecular weight excluding hydrogens is 276 g/mol. The third kappa shape index (κ3) is 2.82. The summed E-state index contributed by atoms with van der Waals surface area (Å²) in [6, 6.07) is 5.24. The average molecular weight is 294 g/mol. The summed E-state index contributed by atoms with van der Waals surface area (Å²) in [7, 11) is -3.62. The van der Waals surface area contributed by atoms with Crippen LogP contribution in [-0.4, -0.2) is 31.5 Å². The number of hydrogen-bond donors (Lipinski definition) is 0. The molecule has 0 aromatic heterocycles. The molecule has 0 bridgehead atoms. The fourth-order valence-electron chi connectivity index (χ4n) is 2.57. The number of rotatable bonds is 3. The number of hydrogen-bond acceptors (Lipinski definition) is 4. The Morgan fingerprint density at radius 1 is 1.30 bits per heavy atom. The van der Waals surface area contributed by atoms with Crippen LogP contribution in [0.3, 0.4) is 0 Å². The lowest BCUT2D eigenvalue weighted by Crippen LogP contribution is -2.42. The van der Waals surface area contributed by atoms with E-state index < -0.39 is 16.2 Å². The Morgan fingerprint density at radius 3 is 2.70 bits per heavy atom. The van der Waals surface area contributed by atoms with Gasteiger partial charge in [-0.05, 0) is 44.7 Å². The SMILES string of the molecule is Cc1ccc(S(=O)(=O)N2CCCCC2N=C=O)c(C)c1. The Kier molecular flexibility index (Phi) is 4.38. The van der Waals surface area contributed by atoms with E-state index >= 15 is 0 Å². The number of isocyanates is 1. The van der Waals surface area contributed by atoms with Crippen LogP contribution in [0.5, 0.6) is 0 Å². The molecule has 1 atom stereocenters. The molecule has 0 aliphatic carbocycles. The van der Waals surface area contributed by atoms with Gasteiger partial charge in [0.25, 0.3) is 0 Å². The van der Waals surface area contributed by atoms with Crippen LogP contribution in [0.25, 0.3) is 0 Å². The van der Waals surface area contributed by atoms with Crippen molar-refractivity contribution in [2.75, 3.05) is 6.54 Å². The van der Waals surface area contributed by atoms with E-state index in [2.05, 4.69) is 4.99 Å². The molecule has 20 heavy (non-hydrogen) atoms. The first-order chi connectivity index (χ1) is 9.46. The number of sulfonamides is 1. The summed E-state index contributed by atoms with van der Waals surface area (Å²) in [4.78, 5) is 14.4. The number of benzene rings is 1. The number of piperidine rings is 1. The first-order valence-corrected chi connectivity index (χ1v) is 8.07. The summed E-state index contributed by atoms with van der Waals surface area (Å²) in [5, 5.41) is 0. The highest BCUT2D eigenvalue weighted by Crippen LogP contribution is 2.27. The van der Waals surface area contributed by atoms with Gasteiger partial charge in [-0.1, -0.05) is 17.7 Å². The molecular formula is C14H18N2O3S. The van der Waals surface area contributed by atoms with Crippen molar-refractivity contribution in [3.05, 3.63) is 29.3 Å². The van der Waals surface area contributed by atoms with Gasteiger partial charge in [0.2, 0.25) is 16.1 Å². The molecule has 5 nitrogen and oxygen atoms in total. The van der Waals surface area contributed by atoms with Crippen LogP contribution < -0.4 is 0 Å². The smallest absolute Gasteiger partial charge is 0.211 e. The third-order valence-corrected chi connectivity index (χ3v) is 5.60. The first-order valence-electron chi connectivity index (χ1n) is 6.63. The van der Waals surface area contributed by atoms with Crippen LogP contribution in [0.2, 0.25) is 0 Å². The van der Waals surface area contributed by atoms with Crippen molar-refractivity contribution in [2.24, 2.45) is 4.99 Å². The lowest BCUT2D eigenvalue weighted by atomic mass is 10.1. The molecule has 1 aromatic rings. The van der Waals surface area contributed by atoms with Crippen LogP contribution in [0.4, 0.5) is 0 Å². The zero-order valence-electron chi connectivity index (χ0n) is 11.7. The largest absolute Gasteiger partial charge is 0.245 e. The Morgan fingerprint density at radius 2 is 2.05 bits per heavy atom. The van der Waals surface area contributed by atoms with Gasteiger partial charge in [-0.2, -0.15) is 9.30 Å². The van der Waals surface area contributed by atoms with Crippen LogP contribution in [-0.2, 0) is 14.8 Å². The Bertz CT molecular complexity index is 648. The maximum Gasteiger partial charge on any atom is 0.245 e. The standard InChI is InChI=1S/C14H18N2O3S/c1-11-6-7-13(12(2)9-11)20(18,19)16-8-4-3-5-14(16)15-10-17/h6-7,9,14H,3-5,8H2,1-2H3. The zero-order chi connectivity index (χ0) is 14.8. The number of carbonyl (C=O) groups excluding carboxylic acids is 1. The van der Waals surface area contributed by atoms with Gasteiger partial charge in [0.15, 0.2) is 0 Å². The molecule has 0 spiro atoms. The lowest BCUT2D eigenvalue weighted by Gasteiger charge is -2.31. The fourth-order valence-corrected chi connectivity index (χ4v) is 4.37. The van der Waals surface area contributed by atoms with Crippen LogP contribution in [0.1, 0.15) is 30.4 Å². The van der Waals surface area contributed by atoms with E-state index in [1.807, 2.05) is 13.0 Å². The predicted octanol–water partition coefficient (Wildman–Crippen LogP) is 2.14. The highest BCUT2D eigenvalue weighted by atomic mass is 32.2. The molecule has 1 saturated heterocycles. The van der Waals surface area contributed by atoms with Crippen LogP contribution in [0.15, 0.2) is 28.1 Å². The van der Waals surface area contributed by atoms with Gasteiger partial charge in [-0.25, -0.2) is 13.2 Å². The third-order valence-electron chi connectivity index (χ3n) is 3.54. The number of aryl methyl sites for hydroxylation is 2. The molecule has 0 amide bonds. The maximum atomic E-state index is 12.7. The summed E-state index contributed by atoms with van der Waals surface area (Å²) in [6.07, 6.45) is 3.09. The lowest BCUT2D eigenvalue weighted by molar-refractivity contribution is 0.259. The second kappa shape index (κ2) is 5.87. The average Bonchev–Trinajstić information content (AvgIpc) is 2.39. The van der Waals surface area contributed by atoms with Gasteiger partial charge >= 0.3 is 0 Å². The zero-order valence-corrected chi connectivity index (χ0v) is 12.5. The Labute approximate surface area is 119 Å².